The summed E-state index contributed by atoms with van der Waals surface area (Å²) in [5, 5.41) is 7.85. The van der Waals surface area contributed by atoms with Gasteiger partial charge in [-0.1, -0.05) is 24.3 Å². The Bertz CT molecular complexity index is 661. The summed E-state index contributed by atoms with van der Waals surface area (Å²) in [7, 11) is 1.31. The zero-order valence-corrected chi connectivity index (χ0v) is 11.9. The first-order valence-electron chi connectivity index (χ1n) is 6.46. The Morgan fingerprint density at radius 2 is 1.95 bits per heavy atom. The normalized spacial score (nSPS) is 10.4. The van der Waals surface area contributed by atoms with Crippen molar-refractivity contribution in [3.05, 3.63) is 46.8 Å². The smallest absolute Gasteiger partial charge is 0.360 e. The Balaban J connectivity index is 2.25. The van der Waals surface area contributed by atoms with Crippen molar-refractivity contribution < 1.29 is 14.3 Å². The second kappa shape index (κ2) is 6.17. The molecule has 0 atom stereocenters. The number of methoxy groups -OCH3 is 1. The fourth-order valence-corrected chi connectivity index (χ4v) is 2.01. The number of rotatable bonds is 5. The number of nitrogens with two attached hydrogens (primary N) is 1. The minimum atomic E-state index is -0.498. The number of hydrogen-bond acceptors (Lipinski definition) is 5. The second-order valence-electron chi connectivity index (χ2n) is 4.45. The summed E-state index contributed by atoms with van der Waals surface area (Å²) in [6.45, 7) is 2.37. The lowest BCUT2D eigenvalue weighted by Gasteiger charge is -2.06. The molecule has 21 heavy (non-hydrogen) atoms. The van der Waals surface area contributed by atoms with E-state index in [1.807, 2.05) is 6.92 Å². The third-order valence-electron chi connectivity index (χ3n) is 3.12. The molecule has 0 bridgehead atoms. The number of hydrogen-bond donors (Lipinski definition) is 1. The van der Waals surface area contributed by atoms with Crippen LogP contribution in [0, 0.1) is 0 Å². The van der Waals surface area contributed by atoms with Crippen LogP contribution in [0.2, 0.25) is 0 Å². The quantitative estimate of drug-likeness (QED) is 0.819. The molecule has 7 heteroatoms. The van der Waals surface area contributed by atoms with E-state index in [-0.39, 0.29) is 5.69 Å². The van der Waals surface area contributed by atoms with Gasteiger partial charge in [-0.15, -0.1) is 5.10 Å². The highest BCUT2D eigenvalue weighted by Crippen LogP contribution is 2.11. The molecule has 1 amide bonds. The second-order valence-corrected chi connectivity index (χ2v) is 4.45. The maximum atomic E-state index is 11.6. The third kappa shape index (κ3) is 3.07. The molecule has 0 radical (unpaired) electrons. The van der Waals surface area contributed by atoms with Crippen molar-refractivity contribution in [2.75, 3.05) is 7.11 Å². The van der Waals surface area contributed by atoms with E-state index in [2.05, 4.69) is 15.0 Å². The summed E-state index contributed by atoms with van der Waals surface area (Å²) in [5.41, 5.74) is 7.51. The summed E-state index contributed by atoms with van der Waals surface area (Å²) < 4.78 is 6.32. The van der Waals surface area contributed by atoms with Gasteiger partial charge in [0.1, 0.15) is 0 Å². The van der Waals surface area contributed by atoms with Crippen LogP contribution in [0.5, 0.6) is 0 Å². The zero-order valence-electron chi connectivity index (χ0n) is 11.9. The van der Waals surface area contributed by atoms with Crippen LogP contribution in [-0.2, 0) is 17.7 Å². The van der Waals surface area contributed by atoms with Crippen molar-refractivity contribution in [2.24, 2.45) is 5.73 Å². The van der Waals surface area contributed by atoms with Gasteiger partial charge in [0, 0.05) is 5.56 Å². The van der Waals surface area contributed by atoms with Crippen molar-refractivity contribution in [1.82, 2.24) is 15.0 Å². The van der Waals surface area contributed by atoms with Gasteiger partial charge in [0.15, 0.2) is 5.69 Å². The minimum absolute atomic E-state index is 0.230. The maximum Gasteiger partial charge on any atom is 0.360 e. The summed E-state index contributed by atoms with van der Waals surface area (Å²) in [5.74, 6) is -0.966. The number of nitrogens with zero attached hydrogens (tertiary/aromatic N) is 3. The van der Waals surface area contributed by atoms with Gasteiger partial charge in [0.05, 0.1) is 19.3 Å². The predicted molar refractivity (Wildman–Crippen MR) is 74.8 cm³/mol. The van der Waals surface area contributed by atoms with E-state index in [4.69, 9.17) is 5.73 Å². The van der Waals surface area contributed by atoms with E-state index in [0.29, 0.717) is 24.2 Å². The van der Waals surface area contributed by atoms with Gasteiger partial charge in [-0.25, -0.2) is 9.48 Å². The van der Waals surface area contributed by atoms with E-state index in [0.717, 1.165) is 5.56 Å². The van der Waals surface area contributed by atoms with Crippen molar-refractivity contribution in [3.8, 4) is 0 Å². The van der Waals surface area contributed by atoms with Crippen molar-refractivity contribution in [3.63, 3.8) is 0 Å². The number of esters is 1. The highest BCUT2D eigenvalue weighted by molar-refractivity contribution is 5.92. The molecular weight excluding hydrogens is 272 g/mol. The SMILES string of the molecule is CCc1c(C(=O)OC)nnn1Cc1ccc(C(N)=O)cc1. The number of ether oxygens (including phenoxy) is 1. The van der Waals surface area contributed by atoms with Crippen LogP contribution in [-0.4, -0.2) is 34.0 Å². The van der Waals surface area contributed by atoms with Gasteiger partial charge in [-0.05, 0) is 24.1 Å². The van der Waals surface area contributed by atoms with E-state index in [9.17, 15) is 9.59 Å². The first kappa shape index (κ1) is 14.7. The molecule has 0 aliphatic carbocycles. The molecule has 0 aliphatic rings. The zero-order chi connectivity index (χ0) is 15.4. The Morgan fingerprint density at radius 1 is 1.29 bits per heavy atom. The lowest BCUT2D eigenvalue weighted by molar-refractivity contribution is 0.0592. The molecule has 1 aromatic carbocycles. The molecule has 2 aromatic rings. The van der Waals surface area contributed by atoms with Crippen LogP contribution in [0.1, 0.15) is 39.0 Å². The van der Waals surface area contributed by atoms with Gasteiger partial charge >= 0.3 is 5.97 Å². The molecule has 0 spiro atoms. The fourth-order valence-electron chi connectivity index (χ4n) is 2.01. The summed E-state index contributed by atoms with van der Waals surface area (Å²) in [6, 6.07) is 6.89. The summed E-state index contributed by atoms with van der Waals surface area (Å²) in [6.07, 6.45) is 0.608. The average molecular weight is 288 g/mol. The Hall–Kier alpha value is -2.70. The number of amides is 1. The van der Waals surface area contributed by atoms with Crippen molar-refractivity contribution in [1.29, 1.82) is 0 Å². The van der Waals surface area contributed by atoms with Crippen LogP contribution in [0.15, 0.2) is 24.3 Å². The van der Waals surface area contributed by atoms with Gasteiger partial charge < -0.3 is 10.5 Å². The highest BCUT2D eigenvalue weighted by atomic mass is 16.5. The Kier molecular flexibility index (Phi) is 4.32. The molecular formula is C14H16N4O3. The Morgan fingerprint density at radius 3 is 2.48 bits per heavy atom. The number of benzene rings is 1. The van der Waals surface area contributed by atoms with Crippen LogP contribution < -0.4 is 5.73 Å². The van der Waals surface area contributed by atoms with Crippen LogP contribution in [0.3, 0.4) is 0 Å². The van der Waals surface area contributed by atoms with Crippen LogP contribution >= 0.6 is 0 Å². The first-order valence-corrected chi connectivity index (χ1v) is 6.46. The molecule has 2 rings (SSSR count). The summed E-state index contributed by atoms with van der Waals surface area (Å²) >= 11 is 0. The number of primary amides is 1. The van der Waals surface area contributed by atoms with E-state index in [1.54, 1.807) is 28.9 Å². The number of aromatic nitrogens is 3. The molecule has 2 N–H and O–H groups in total. The van der Waals surface area contributed by atoms with E-state index < -0.39 is 11.9 Å². The lowest BCUT2D eigenvalue weighted by atomic mass is 10.1. The molecule has 0 fully saturated rings. The highest BCUT2D eigenvalue weighted by Gasteiger charge is 2.18. The fraction of sp³-hybridized carbons (Fsp3) is 0.286. The van der Waals surface area contributed by atoms with Gasteiger partial charge in [0.2, 0.25) is 5.91 Å². The molecule has 0 saturated carbocycles. The van der Waals surface area contributed by atoms with Crippen LogP contribution in [0.25, 0.3) is 0 Å². The molecule has 1 heterocycles. The largest absolute Gasteiger partial charge is 0.464 e. The maximum absolute atomic E-state index is 11.6. The lowest BCUT2D eigenvalue weighted by Crippen LogP contribution is -2.12. The first-order chi connectivity index (χ1) is 10.1. The number of carbonyl (C=O) groups is 2. The topological polar surface area (TPSA) is 100 Å². The molecule has 1 aromatic heterocycles. The molecule has 0 saturated heterocycles. The van der Waals surface area contributed by atoms with Gasteiger partial charge in [-0.2, -0.15) is 0 Å². The Labute approximate surface area is 121 Å². The van der Waals surface area contributed by atoms with Gasteiger partial charge in [0.25, 0.3) is 0 Å². The van der Waals surface area contributed by atoms with Crippen molar-refractivity contribution in [2.45, 2.75) is 19.9 Å². The average Bonchev–Trinajstić information content (AvgIpc) is 2.89. The van der Waals surface area contributed by atoms with Crippen LogP contribution in [0.4, 0.5) is 0 Å². The van der Waals surface area contributed by atoms with E-state index in [1.165, 1.54) is 7.11 Å². The van der Waals surface area contributed by atoms with Crippen molar-refractivity contribution >= 4 is 11.9 Å². The third-order valence-corrected chi connectivity index (χ3v) is 3.12. The summed E-state index contributed by atoms with van der Waals surface area (Å²) in [4.78, 5) is 22.6. The predicted octanol–water partition coefficient (Wildman–Crippen LogP) is 0.774. The van der Waals surface area contributed by atoms with E-state index >= 15 is 0 Å². The monoisotopic (exact) mass is 288 g/mol. The molecule has 7 nitrogen and oxygen atoms in total. The molecule has 110 valence electrons. The standard InChI is InChI=1S/C14H16N4O3/c1-3-11-12(14(20)21-2)16-17-18(11)8-9-4-6-10(7-5-9)13(15)19/h4-7H,3,8H2,1-2H3,(H2,15,19). The minimum Gasteiger partial charge on any atom is -0.464 e. The van der Waals surface area contributed by atoms with Gasteiger partial charge in [-0.3, -0.25) is 4.79 Å². The molecule has 0 unspecified atom stereocenters. The number of carbonyl (C=O) groups excluding carboxylic acids is 2. The molecule has 0 aliphatic heterocycles.